The molecule has 0 saturated carbocycles. The average Bonchev–Trinajstić information content (AvgIpc) is 2.25. The van der Waals surface area contributed by atoms with E-state index in [0.29, 0.717) is 6.61 Å². The van der Waals surface area contributed by atoms with Crippen molar-refractivity contribution >= 4 is 0 Å². The van der Waals surface area contributed by atoms with Crippen molar-refractivity contribution in [3.63, 3.8) is 0 Å². The van der Waals surface area contributed by atoms with Gasteiger partial charge in [-0.15, -0.1) is 0 Å². The summed E-state index contributed by atoms with van der Waals surface area (Å²) in [5.41, 5.74) is 1.06. The molecule has 0 aliphatic rings. The summed E-state index contributed by atoms with van der Waals surface area (Å²) in [6.07, 6.45) is -0.361. The molecule has 78 valence electrons. The minimum absolute atomic E-state index is 0.0932. The molecule has 1 rings (SSSR count). The number of hydrogen-bond donors (Lipinski definition) is 2. The van der Waals surface area contributed by atoms with Crippen LogP contribution in [-0.2, 0) is 16.2 Å². The normalized spacial score (nSPS) is 12.7. The maximum absolute atomic E-state index is 8.87. The summed E-state index contributed by atoms with van der Waals surface area (Å²) in [6, 6.07) is 9.73. The van der Waals surface area contributed by atoms with Gasteiger partial charge < -0.3 is 14.7 Å². The molecule has 0 aliphatic heterocycles. The standard InChI is InChI=1S/C10H15NO3/c11-14-8-10(6-12)13-7-9-4-2-1-3-5-9/h1-5,10,12H,6-8,11H2. The van der Waals surface area contributed by atoms with Crippen molar-refractivity contribution in [2.75, 3.05) is 13.2 Å². The third-order valence-corrected chi connectivity index (χ3v) is 1.81. The van der Waals surface area contributed by atoms with Gasteiger partial charge in [0, 0.05) is 0 Å². The first kappa shape index (κ1) is 11.1. The van der Waals surface area contributed by atoms with Crippen molar-refractivity contribution in [3.05, 3.63) is 35.9 Å². The molecular formula is C10H15NO3. The lowest BCUT2D eigenvalue weighted by Crippen LogP contribution is -2.25. The molecule has 4 heteroatoms. The molecule has 0 aromatic heterocycles. The van der Waals surface area contributed by atoms with E-state index in [0.717, 1.165) is 5.56 Å². The SMILES string of the molecule is NOCC(CO)OCc1ccccc1. The maximum atomic E-state index is 8.87. The topological polar surface area (TPSA) is 64.7 Å². The number of nitrogens with two attached hydrogens (primary N) is 1. The number of aliphatic hydroxyl groups is 1. The lowest BCUT2D eigenvalue weighted by molar-refractivity contribution is -0.0505. The Kier molecular flexibility index (Phi) is 5.17. The van der Waals surface area contributed by atoms with Crippen molar-refractivity contribution in [1.82, 2.24) is 0 Å². The quantitative estimate of drug-likeness (QED) is 0.650. The molecule has 0 saturated heterocycles. The van der Waals surface area contributed by atoms with Gasteiger partial charge in [-0.1, -0.05) is 30.3 Å². The van der Waals surface area contributed by atoms with Crippen LogP contribution in [-0.4, -0.2) is 24.4 Å². The zero-order chi connectivity index (χ0) is 10.2. The third-order valence-electron chi connectivity index (χ3n) is 1.81. The predicted molar refractivity (Wildman–Crippen MR) is 52.2 cm³/mol. The Balaban J connectivity index is 2.32. The molecule has 0 spiro atoms. The van der Waals surface area contributed by atoms with E-state index in [9.17, 15) is 0 Å². The zero-order valence-corrected chi connectivity index (χ0v) is 7.93. The molecule has 1 atom stereocenters. The van der Waals surface area contributed by atoms with E-state index < -0.39 is 0 Å². The van der Waals surface area contributed by atoms with Crippen LogP contribution in [0.15, 0.2) is 30.3 Å². The highest BCUT2D eigenvalue weighted by Gasteiger charge is 2.07. The average molecular weight is 197 g/mol. The highest BCUT2D eigenvalue weighted by atomic mass is 16.6. The van der Waals surface area contributed by atoms with E-state index in [-0.39, 0.29) is 19.3 Å². The van der Waals surface area contributed by atoms with Gasteiger partial charge in [-0.05, 0) is 5.56 Å². The molecule has 0 radical (unpaired) electrons. The largest absolute Gasteiger partial charge is 0.394 e. The van der Waals surface area contributed by atoms with Crippen LogP contribution in [0, 0.1) is 0 Å². The summed E-state index contributed by atoms with van der Waals surface area (Å²) in [6.45, 7) is 0.558. The van der Waals surface area contributed by atoms with Crippen molar-refractivity contribution in [3.8, 4) is 0 Å². The van der Waals surface area contributed by atoms with Gasteiger partial charge >= 0.3 is 0 Å². The van der Waals surface area contributed by atoms with Crippen molar-refractivity contribution < 1.29 is 14.7 Å². The third kappa shape index (κ3) is 3.85. The molecule has 1 aromatic rings. The van der Waals surface area contributed by atoms with Gasteiger partial charge in [0.15, 0.2) is 0 Å². The summed E-state index contributed by atoms with van der Waals surface area (Å²) in [4.78, 5) is 4.40. The fourth-order valence-corrected chi connectivity index (χ4v) is 1.05. The first-order chi connectivity index (χ1) is 6.86. The van der Waals surface area contributed by atoms with Gasteiger partial charge in [0.25, 0.3) is 0 Å². The minimum atomic E-state index is -0.361. The van der Waals surface area contributed by atoms with Crippen LogP contribution >= 0.6 is 0 Å². The van der Waals surface area contributed by atoms with Crippen LogP contribution in [0.25, 0.3) is 0 Å². The van der Waals surface area contributed by atoms with E-state index in [1.54, 1.807) is 0 Å². The van der Waals surface area contributed by atoms with Crippen LogP contribution in [0.5, 0.6) is 0 Å². The molecule has 3 N–H and O–H groups in total. The molecule has 0 bridgehead atoms. The second kappa shape index (κ2) is 6.50. The number of ether oxygens (including phenoxy) is 1. The first-order valence-corrected chi connectivity index (χ1v) is 4.45. The predicted octanol–water partition coefficient (Wildman–Crippen LogP) is 0.454. The summed E-state index contributed by atoms with van der Waals surface area (Å²) in [5.74, 6) is 4.88. The van der Waals surface area contributed by atoms with Crippen molar-refractivity contribution in [2.45, 2.75) is 12.7 Å². The maximum Gasteiger partial charge on any atom is 0.106 e. The molecule has 0 aliphatic carbocycles. The lowest BCUT2D eigenvalue weighted by Gasteiger charge is -2.13. The van der Waals surface area contributed by atoms with Crippen molar-refractivity contribution in [2.24, 2.45) is 5.90 Å². The molecule has 14 heavy (non-hydrogen) atoms. The van der Waals surface area contributed by atoms with E-state index >= 15 is 0 Å². The Morgan fingerprint density at radius 1 is 1.29 bits per heavy atom. The minimum Gasteiger partial charge on any atom is -0.394 e. The molecule has 0 fully saturated rings. The molecule has 1 aromatic carbocycles. The van der Waals surface area contributed by atoms with Gasteiger partial charge in [0.1, 0.15) is 6.10 Å². The lowest BCUT2D eigenvalue weighted by atomic mass is 10.2. The fraction of sp³-hybridized carbons (Fsp3) is 0.400. The van der Waals surface area contributed by atoms with Gasteiger partial charge in [0.2, 0.25) is 0 Å². The van der Waals surface area contributed by atoms with E-state index in [1.807, 2.05) is 30.3 Å². The van der Waals surface area contributed by atoms with Crippen LogP contribution in [0.4, 0.5) is 0 Å². The smallest absolute Gasteiger partial charge is 0.106 e. The Morgan fingerprint density at radius 2 is 2.00 bits per heavy atom. The molecular weight excluding hydrogens is 182 g/mol. The summed E-state index contributed by atoms with van der Waals surface area (Å²) in [5, 5.41) is 8.87. The van der Waals surface area contributed by atoms with Crippen molar-refractivity contribution in [1.29, 1.82) is 0 Å². The molecule has 1 unspecified atom stereocenters. The number of hydrogen-bond acceptors (Lipinski definition) is 4. The van der Waals surface area contributed by atoms with Crippen LogP contribution in [0.2, 0.25) is 0 Å². The Bertz CT molecular complexity index is 240. The number of rotatable bonds is 6. The highest BCUT2D eigenvalue weighted by Crippen LogP contribution is 2.03. The zero-order valence-electron chi connectivity index (χ0n) is 7.93. The second-order valence-electron chi connectivity index (χ2n) is 2.93. The van der Waals surface area contributed by atoms with E-state index in [4.69, 9.17) is 15.7 Å². The monoisotopic (exact) mass is 197 g/mol. The van der Waals surface area contributed by atoms with Gasteiger partial charge in [0.05, 0.1) is 19.8 Å². The second-order valence-corrected chi connectivity index (χ2v) is 2.93. The summed E-state index contributed by atoms with van der Waals surface area (Å²) < 4.78 is 5.36. The summed E-state index contributed by atoms with van der Waals surface area (Å²) >= 11 is 0. The first-order valence-electron chi connectivity index (χ1n) is 4.45. The number of benzene rings is 1. The van der Waals surface area contributed by atoms with Gasteiger partial charge in [-0.2, -0.15) is 0 Å². The van der Waals surface area contributed by atoms with E-state index in [1.165, 1.54) is 0 Å². The van der Waals surface area contributed by atoms with E-state index in [2.05, 4.69) is 4.84 Å². The van der Waals surface area contributed by atoms with Gasteiger partial charge in [-0.25, -0.2) is 5.90 Å². The fourth-order valence-electron chi connectivity index (χ4n) is 1.05. The van der Waals surface area contributed by atoms with Crippen LogP contribution < -0.4 is 5.90 Å². The Labute approximate surface area is 83.2 Å². The highest BCUT2D eigenvalue weighted by molar-refractivity contribution is 5.13. The Morgan fingerprint density at radius 3 is 2.57 bits per heavy atom. The molecule has 4 nitrogen and oxygen atoms in total. The Hall–Kier alpha value is -0.940. The molecule has 0 heterocycles. The summed E-state index contributed by atoms with van der Waals surface area (Å²) in [7, 11) is 0. The van der Waals surface area contributed by atoms with Gasteiger partial charge in [-0.3, -0.25) is 0 Å². The molecule has 0 amide bonds. The number of aliphatic hydroxyl groups excluding tert-OH is 1. The van der Waals surface area contributed by atoms with Crippen LogP contribution in [0.1, 0.15) is 5.56 Å². The van der Waals surface area contributed by atoms with Crippen LogP contribution in [0.3, 0.4) is 0 Å².